The lowest BCUT2D eigenvalue weighted by atomic mass is 10.1. The van der Waals surface area contributed by atoms with Crippen LogP contribution in [0.2, 0.25) is 10.0 Å². The molecule has 1 atom stereocenters. The molecule has 0 spiro atoms. The van der Waals surface area contributed by atoms with Gasteiger partial charge in [0.25, 0.3) is 0 Å². The molecule has 8 heteroatoms. The van der Waals surface area contributed by atoms with Gasteiger partial charge in [-0.15, -0.1) is 24.0 Å². The maximum atomic E-state index is 6.23. The standard InChI is InChI=1S/C15H19Cl2N5.HI/c1-11(13-4-3-12(16)9-14(13)17)21-15(18-2)20-6-8-22-7-5-19-10-22;/h3-5,7,9-11H,6,8H2,1-2H3,(H2,18,20,21);1H. The van der Waals surface area contributed by atoms with Crippen molar-refractivity contribution in [1.29, 1.82) is 0 Å². The summed E-state index contributed by atoms with van der Waals surface area (Å²) in [6.45, 7) is 3.59. The second-order valence-electron chi connectivity index (χ2n) is 4.83. The summed E-state index contributed by atoms with van der Waals surface area (Å²) in [6.07, 6.45) is 5.47. The van der Waals surface area contributed by atoms with E-state index >= 15 is 0 Å². The molecule has 0 fully saturated rings. The van der Waals surface area contributed by atoms with E-state index < -0.39 is 0 Å². The number of hydrogen-bond donors (Lipinski definition) is 2. The molecule has 0 aliphatic rings. The van der Waals surface area contributed by atoms with Gasteiger partial charge < -0.3 is 15.2 Å². The topological polar surface area (TPSA) is 54.2 Å². The predicted octanol–water partition coefficient (Wildman–Crippen LogP) is 3.73. The van der Waals surface area contributed by atoms with E-state index in [1.807, 2.05) is 29.8 Å². The summed E-state index contributed by atoms with van der Waals surface area (Å²) in [5, 5.41) is 7.84. The highest BCUT2D eigenvalue weighted by molar-refractivity contribution is 14.0. The number of benzene rings is 1. The third-order valence-electron chi connectivity index (χ3n) is 3.23. The van der Waals surface area contributed by atoms with Crippen molar-refractivity contribution in [1.82, 2.24) is 20.2 Å². The first-order chi connectivity index (χ1) is 10.6. The summed E-state index contributed by atoms with van der Waals surface area (Å²) in [4.78, 5) is 8.23. The van der Waals surface area contributed by atoms with Crippen LogP contribution in [0.3, 0.4) is 0 Å². The van der Waals surface area contributed by atoms with Gasteiger partial charge >= 0.3 is 0 Å². The Morgan fingerprint density at radius 3 is 2.78 bits per heavy atom. The minimum Gasteiger partial charge on any atom is -0.355 e. The first-order valence-corrected chi connectivity index (χ1v) is 7.73. The zero-order valence-corrected chi connectivity index (χ0v) is 16.8. The molecule has 0 saturated heterocycles. The number of aromatic nitrogens is 2. The summed E-state index contributed by atoms with van der Waals surface area (Å²) in [5.74, 6) is 0.721. The van der Waals surface area contributed by atoms with Gasteiger partial charge in [0.1, 0.15) is 0 Å². The summed E-state index contributed by atoms with van der Waals surface area (Å²) >= 11 is 12.2. The minimum atomic E-state index is 0. The largest absolute Gasteiger partial charge is 0.355 e. The number of rotatable bonds is 5. The quantitative estimate of drug-likeness (QED) is 0.400. The van der Waals surface area contributed by atoms with E-state index in [1.54, 1.807) is 25.6 Å². The minimum absolute atomic E-state index is 0. The number of guanidine groups is 1. The lowest BCUT2D eigenvalue weighted by molar-refractivity contribution is 0.640. The highest BCUT2D eigenvalue weighted by atomic mass is 127. The average Bonchev–Trinajstić information content (AvgIpc) is 2.99. The molecule has 2 aromatic rings. The van der Waals surface area contributed by atoms with Gasteiger partial charge in [-0.05, 0) is 24.6 Å². The third kappa shape index (κ3) is 6.19. The van der Waals surface area contributed by atoms with Crippen molar-refractivity contribution in [3.05, 3.63) is 52.5 Å². The number of nitrogens with one attached hydrogen (secondary N) is 2. The van der Waals surface area contributed by atoms with Gasteiger partial charge in [-0.25, -0.2) is 4.98 Å². The molecule has 1 aromatic heterocycles. The second kappa shape index (κ2) is 10.00. The van der Waals surface area contributed by atoms with Crippen LogP contribution >= 0.6 is 47.2 Å². The Bertz CT molecular complexity index is 631. The summed E-state index contributed by atoms with van der Waals surface area (Å²) in [5.41, 5.74) is 0.976. The van der Waals surface area contributed by atoms with E-state index in [-0.39, 0.29) is 30.0 Å². The molecule has 2 N–H and O–H groups in total. The molecule has 2 rings (SSSR count). The first-order valence-electron chi connectivity index (χ1n) is 6.98. The van der Waals surface area contributed by atoms with Crippen LogP contribution in [0.25, 0.3) is 0 Å². The van der Waals surface area contributed by atoms with Gasteiger partial charge in [0, 0.05) is 42.6 Å². The van der Waals surface area contributed by atoms with E-state index in [2.05, 4.69) is 20.6 Å². The summed E-state index contributed by atoms with van der Waals surface area (Å²) < 4.78 is 2.00. The van der Waals surface area contributed by atoms with Crippen LogP contribution in [0.4, 0.5) is 0 Å². The maximum absolute atomic E-state index is 6.23. The molecule has 0 aliphatic heterocycles. The molecule has 0 aliphatic carbocycles. The van der Waals surface area contributed by atoms with E-state index in [1.165, 1.54) is 0 Å². The number of nitrogens with zero attached hydrogens (tertiary/aromatic N) is 3. The summed E-state index contributed by atoms with van der Waals surface area (Å²) in [6, 6.07) is 5.51. The normalized spacial score (nSPS) is 12.4. The Balaban J connectivity index is 0.00000264. The first kappa shape index (κ1) is 20.1. The second-order valence-corrected chi connectivity index (χ2v) is 5.67. The van der Waals surface area contributed by atoms with Gasteiger partial charge in [-0.2, -0.15) is 0 Å². The molecule has 0 bridgehead atoms. The highest BCUT2D eigenvalue weighted by Gasteiger charge is 2.11. The fourth-order valence-electron chi connectivity index (χ4n) is 2.05. The van der Waals surface area contributed by atoms with E-state index in [9.17, 15) is 0 Å². The molecular weight excluding hydrogens is 448 g/mol. The van der Waals surface area contributed by atoms with Crippen molar-refractivity contribution >= 4 is 53.1 Å². The molecule has 0 saturated carbocycles. The van der Waals surface area contributed by atoms with Crippen LogP contribution in [0, 0.1) is 0 Å². The van der Waals surface area contributed by atoms with Gasteiger partial charge in [0.05, 0.1) is 12.4 Å². The van der Waals surface area contributed by atoms with E-state index in [0.29, 0.717) is 10.0 Å². The van der Waals surface area contributed by atoms with Crippen LogP contribution in [0.5, 0.6) is 0 Å². The Hall–Kier alpha value is -0.990. The average molecular weight is 468 g/mol. The Kier molecular flexibility index (Phi) is 8.72. The molecule has 126 valence electrons. The Morgan fingerprint density at radius 2 is 2.17 bits per heavy atom. The van der Waals surface area contributed by atoms with E-state index in [0.717, 1.165) is 24.6 Å². The number of imidazole rings is 1. The van der Waals surface area contributed by atoms with Crippen molar-refractivity contribution in [2.75, 3.05) is 13.6 Å². The third-order valence-corrected chi connectivity index (χ3v) is 3.79. The Morgan fingerprint density at radius 1 is 1.39 bits per heavy atom. The van der Waals surface area contributed by atoms with Crippen molar-refractivity contribution in [2.24, 2.45) is 4.99 Å². The summed E-state index contributed by atoms with van der Waals surface area (Å²) in [7, 11) is 1.74. The monoisotopic (exact) mass is 467 g/mol. The molecule has 23 heavy (non-hydrogen) atoms. The molecular formula is C15H20Cl2IN5. The smallest absolute Gasteiger partial charge is 0.191 e. The number of halogens is 3. The molecule has 1 heterocycles. The van der Waals surface area contributed by atoms with Crippen molar-refractivity contribution in [2.45, 2.75) is 19.5 Å². The Labute approximate surface area is 163 Å². The van der Waals surface area contributed by atoms with Crippen LogP contribution in [0.15, 0.2) is 41.9 Å². The zero-order chi connectivity index (χ0) is 15.9. The van der Waals surface area contributed by atoms with Crippen molar-refractivity contribution in [3.63, 3.8) is 0 Å². The van der Waals surface area contributed by atoms with Gasteiger partial charge in [0.2, 0.25) is 0 Å². The lowest BCUT2D eigenvalue weighted by Crippen LogP contribution is -2.40. The SMILES string of the molecule is CN=C(NCCn1ccnc1)NC(C)c1ccc(Cl)cc1Cl.I. The molecule has 1 aromatic carbocycles. The van der Waals surface area contributed by atoms with Crippen LogP contribution in [-0.2, 0) is 6.54 Å². The predicted molar refractivity (Wildman–Crippen MR) is 107 cm³/mol. The molecule has 1 unspecified atom stereocenters. The van der Waals surface area contributed by atoms with Crippen molar-refractivity contribution in [3.8, 4) is 0 Å². The number of aliphatic imine (C=N–C) groups is 1. The zero-order valence-electron chi connectivity index (χ0n) is 13.0. The van der Waals surface area contributed by atoms with Crippen LogP contribution in [0.1, 0.15) is 18.5 Å². The van der Waals surface area contributed by atoms with Gasteiger partial charge in [-0.1, -0.05) is 29.3 Å². The van der Waals surface area contributed by atoms with Crippen molar-refractivity contribution < 1.29 is 0 Å². The lowest BCUT2D eigenvalue weighted by Gasteiger charge is -2.19. The fraction of sp³-hybridized carbons (Fsp3) is 0.333. The van der Waals surface area contributed by atoms with Gasteiger partial charge in [-0.3, -0.25) is 4.99 Å². The highest BCUT2D eigenvalue weighted by Crippen LogP contribution is 2.25. The maximum Gasteiger partial charge on any atom is 0.191 e. The molecule has 5 nitrogen and oxygen atoms in total. The fourth-order valence-corrected chi connectivity index (χ4v) is 2.62. The number of hydrogen-bond acceptors (Lipinski definition) is 2. The molecule has 0 radical (unpaired) electrons. The molecule has 0 amide bonds. The van der Waals surface area contributed by atoms with Crippen LogP contribution in [-0.4, -0.2) is 29.1 Å². The van der Waals surface area contributed by atoms with Crippen LogP contribution < -0.4 is 10.6 Å². The van der Waals surface area contributed by atoms with E-state index in [4.69, 9.17) is 23.2 Å². The van der Waals surface area contributed by atoms with Gasteiger partial charge in [0.15, 0.2) is 5.96 Å².